The standard InChI is InChI=1S/C21H24ClN3O/c1-24-10-12-25(13-11-24)16-18-5-3-7-20(15-18)23-21(26)9-8-17-4-2-6-19(22)14-17/h2-9,14-15H,10-13,16H2,1H3,(H,23,26)/b9-8+. The second-order valence-electron chi connectivity index (χ2n) is 6.66. The second-order valence-corrected chi connectivity index (χ2v) is 7.09. The first-order valence-corrected chi connectivity index (χ1v) is 9.21. The van der Waals surface area contributed by atoms with Gasteiger partial charge in [-0.15, -0.1) is 0 Å². The van der Waals surface area contributed by atoms with Gasteiger partial charge in [-0.05, 0) is 48.5 Å². The lowest BCUT2D eigenvalue weighted by Crippen LogP contribution is -2.43. The molecule has 136 valence electrons. The Labute approximate surface area is 160 Å². The number of rotatable bonds is 5. The van der Waals surface area contributed by atoms with Gasteiger partial charge in [0.05, 0.1) is 0 Å². The molecule has 0 unspecified atom stereocenters. The van der Waals surface area contributed by atoms with Crippen LogP contribution in [-0.4, -0.2) is 48.9 Å². The van der Waals surface area contributed by atoms with E-state index in [4.69, 9.17) is 11.6 Å². The van der Waals surface area contributed by atoms with Crippen molar-refractivity contribution in [2.45, 2.75) is 6.54 Å². The number of hydrogen-bond donors (Lipinski definition) is 1. The molecule has 2 aromatic carbocycles. The number of hydrogen-bond acceptors (Lipinski definition) is 3. The molecule has 1 aliphatic heterocycles. The van der Waals surface area contributed by atoms with Crippen molar-refractivity contribution in [2.24, 2.45) is 0 Å². The lowest BCUT2D eigenvalue weighted by Gasteiger charge is -2.32. The van der Waals surface area contributed by atoms with Gasteiger partial charge in [-0.1, -0.05) is 35.9 Å². The lowest BCUT2D eigenvalue weighted by atomic mass is 10.1. The van der Waals surface area contributed by atoms with Crippen molar-refractivity contribution in [2.75, 3.05) is 38.5 Å². The smallest absolute Gasteiger partial charge is 0.248 e. The maximum absolute atomic E-state index is 12.2. The molecule has 1 saturated heterocycles. The highest BCUT2D eigenvalue weighted by Crippen LogP contribution is 2.15. The van der Waals surface area contributed by atoms with Crippen LogP contribution in [0.3, 0.4) is 0 Å². The van der Waals surface area contributed by atoms with Crippen LogP contribution in [0, 0.1) is 0 Å². The zero-order valence-electron chi connectivity index (χ0n) is 15.0. The number of carbonyl (C=O) groups is 1. The van der Waals surface area contributed by atoms with Crippen LogP contribution < -0.4 is 5.32 Å². The minimum absolute atomic E-state index is 0.151. The van der Waals surface area contributed by atoms with Crippen molar-refractivity contribution in [1.29, 1.82) is 0 Å². The van der Waals surface area contributed by atoms with Gasteiger partial charge in [0.2, 0.25) is 5.91 Å². The van der Waals surface area contributed by atoms with E-state index in [-0.39, 0.29) is 5.91 Å². The van der Waals surface area contributed by atoms with Gasteiger partial charge < -0.3 is 10.2 Å². The molecular weight excluding hydrogens is 346 g/mol. The Morgan fingerprint density at radius 1 is 1.12 bits per heavy atom. The molecule has 26 heavy (non-hydrogen) atoms. The SMILES string of the molecule is CN1CCN(Cc2cccc(NC(=O)/C=C/c3cccc(Cl)c3)c2)CC1. The van der Waals surface area contributed by atoms with Crippen LogP contribution in [0.1, 0.15) is 11.1 Å². The number of amides is 1. The Bertz CT molecular complexity index is 782. The summed E-state index contributed by atoms with van der Waals surface area (Å²) in [5.41, 5.74) is 2.93. The highest BCUT2D eigenvalue weighted by atomic mass is 35.5. The highest BCUT2D eigenvalue weighted by Gasteiger charge is 2.13. The summed E-state index contributed by atoms with van der Waals surface area (Å²) in [6.07, 6.45) is 3.29. The van der Waals surface area contributed by atoms with Gasteiger partial charge in [-0.25, -0.2) is 0 Å². The van der Waals surface area contributed by atoms with Crippen LogP contribution in [0.4, 0.5) is 5.69 Å². The molecule has 4 nitrogen and oxygen atoms in total. The molecule has 0 bridgehead atoms. The third-order valence-electron chi connectivity index (χ3n) is 4.47. The van der Waals surface area contributed by atoms with E-state index >= 15 is 0 Å². The highest BCUT2D eigenvalue weighted by molar-refractivity contribution is 6.30. The van der Waals surface area contributed by atoms with Crippen molar-refractivity contribution in [3.63, 3.8) is 0 Å². The van der Waals surface area contributed by atoms with Crippen LogP contribution in [0.25, 0.3) is 6.08 Å². The zero-order chi connectivity index (χ0) is 18.4. The van der Waals surface area contributed by atoms with Gasteiger partial charge in [0.15, 0.2) is 0 Å². The Kier molecular flexibility index (Phi) is 6.45. The summed E-state index contributed by atoms with van der Waals surface area (Å²) < 4.78 is 0. The molecule has 1 aliphatic rings. The Morgan fingerprint density at radius 2 is 1.88 bits per heavy atom. The largest absolute Gasteiger partial charge is 0.323 e. The molecule has 0 radical (unpaired) electrons. The average molecular weight is 370 g/mol. The fourth-order valence-electron chi connectivity index (χ4n) is 2.98. The van der Waals surface area contributed by atoms with Crippen molar-refractivity contribution in [3.05, 3.63) is 70.8 Å². The molecule has 0 spiro atoms. The lowest BCUT2D eigenvalue weighted by molar-refractivity contribution is -0.111. The van der Waals surface area contributed by atoms with E-state index in [1.165, 1.54) is 11.6 Å². The molecule has 2 aromatic rings. The number of halogens is 1. The third-order valence-corrected chi connectivity index (χ3v) is 4.71. The molecule has 1 N–H and O–H groups in total. The predicted molar refractivity (Wildman–Crippen MR) is 108 cm³/mol. The van der Waals surface area contributed by atoms with Crippen LogP contribution >= 0.6 is 11.6 Å². The van der Waals surface area contributed by atoms with Gasteiger partial charge in [0, 0.05) is 49.5 Å². The Balaban J connectivity index is 1.57. The maximum Gasteiger partial charge on any atom is 0.248 e. The summed E-state index contributed by atoms with van der Waals surface area (Å²) in [4.78, 5) is 17.0. The summed E-state index contributed by atoms with van der Waals surface area (Å²) in [6, 6.07) is 15.5. The summed E-state index contributed by atoms with van der Waals surface area (Å²) in [7, 11) is 2.16. The average Bonchev–Trinajstić information content (AvgIpc) is 2.62. The summed E-state index contributed by atoms with van der Waals surface area (Å²) >= 11 is 5.95. The van der Waals surface area contributed by atoms with Crippen LogP contribution in [0.2, 0.25) is 5.02 Å². The third kappa shape index (κ3) is 5.70. The summed E-state index contributed by atoms with van der Waals surface area (Å²) in [6.45, 7) is 5.27. The Hall–Kier alpha value is -2.14. The maximum atomic E-state index is 12.2. The van der Waals surface area contributed by atoms with E-state index in [2.05, 4.69) is 28.2 Å². The van der Waals surface area contributed by atoms with E-state index in [1.54, 1.807) is 6.08 Å². The first-order chi connectivity index (χ1) is 12.6. The molecule has 1 fully saturated rings. The molecule has 0 aliphatic carbocycles. The van der Waals surface area contributed by atoms with Crippen molar-refractivity contribution >= 4 is 29.3 Å². The normalized spacial score (nSPS) is 16.1. The number of carbonyl (C=O) groups excluding carboxylic acids is 1. The first kappa shape index (κ1) is 18.6. The van der Waals surface area contributed by atoms with Gasteiger partial charge in [-0.2, -0.15) is 0 Å². The van der Waals surface area contributed by atoms with E-state index < -0.39 is 0 Å². The minimum Gasteiger partial charge on any atom is -0.323 e. The molecule has 0 saturated carbocycles. The van der Waals surface area contributed by atoms with Gasteiger partial charge in [0.25, 0.3) is 0 Å². The number of nitrogens with one attached hydrogen (secondary N) is 1. The van der Waals surface area contributed by atoms with E-state index in [0.29, 0.717) is 5.02 Å². The molecule has 3 rings (SSSR count). The minimum atomic E-state index is -0.151. The number of likely N-dealkylation sites (N-methyl/N-ethyl adjacent to an activating group) is 1. The fourth-order valence-corrected chi connectivity index (χ4v) is 3.18. The fraction of sp³-hybridized carbons (Fsp3) is 0.286. The predicted octanol–water partition coefficient (Wildman–Crippen LogP) is 3.74. The van der Waals surface area contributed by atoms with E-state index in [9.17, 15) is 4.79 Å². The molecule has 0 aromatic heterocycles. The van der Waals surface area contributed by atoms with Gasteiger partial charge >= 0.3 is 0 Å². The zero-order valence-corrected chi connectivity index (χ0v) is 15.7. The number of piperazine rings is 1. The molecule has 0 atom stereocenters. The molecular formula is C21H24ClN3O. The van der Waals surface area contributed by atoms with Gasteiger partial charge in [0.1, 0.15) is 0 Å². The van der Waals surface area contributed by atoms with E-state index in [0.717, 1.165) is 44.0 Å². The van der Waals surface area contributed by atoms with Crippen molar-refractivity contribution in [1.82, 2.24) is 9.80 Å². The molecule has 1 heterocycles. The van der Waals surface area contributed by atoms with Crippen LogP contribution in [0.5, 0.6) is 0 Å². The van der Waals surface area contributed by atoms with Crippen LogP contribution in [0.15, 0.2) is 54.6 Å². The number of nitrogens with zero attached hydrogens (tertiary/aromatic N) is 2. The van der Waals surface area contributed by atoms with Crippen molar-refractivity contribution in [3.8, 4) is 0 Å². The van der Waals surface area contributed by atoms with Crippen LogP contribution in [-0.2, 0) is 11.3 Å². The topological polar surface area (TPSA) is 35.6 Å². The second kappa shape index (κ2) is 8.99. The number of anilines is 1. The quantitative estimate of drug-likeness (QED) is 0.815. The Morgan fingerprint density at radius 3 is 2.65 bits per heavy atom. The number of benzene rings is 2. The first-order valence-electron chi connectivity index (χ1n) is 8.83. The van der Waals surface area contributed by atoms with E-state index in [1.807, 2.05) is 42.5 Å². The van der Waals surface area contributed by atoms with Gasteiger partial charge in [-0.3, -0.25) is 9.69 Å². The molecule has 5 heteroatoms. The van der Waals surface area contributed by atoms with Crippen molar-refractivity contribution < 1.29 is 4.79 Å². The summed E-state index contributed by atoms with van der Waals surface area (Å²) in [5.74, 6) is -0.151. The monoisotopic (exact) mass is 369 g/mol. The molecule has 1 amide bonds. The summed E-state index contributed by atoms with van der Waals surface area (Å²) in [5, 5.41) is 3.58.